The summed E-state index contributed by atoms with van der Waals surface area (Å²) in [4.78, 5) is 5.11. The molecule has 0 saturated carbocycles. The number of rotatable bonds is 12. The molecule has 0 aliphatic carbocycles. The maximum atomic E-state index is 5.58. The van der Waals surface area contributed by atoms with Crippen molar-refractivity contribution in [1.82, 2.24) is 9.80 Å². The van der Waals surface area contributed by atoms with Gasteiger partial charge in [0.05, 0.1) is 42.7 Å². The van der Waals surface area contributed by atoms with Gasteiger partial charge in [0.15, 0.2) is 23.0 Å². The van der Waals surface area contributed by atoms with Gasteiger partial charge in [0.25, 0.3) is 0 Å². The summed E-state index contributed by atoms with van der Waals surface area (Å²) >= 11 is 0. The van der Waals surface area contributed by atoms with Gasteiger partial charge in [-0.15, -0.1) is 0 Å². The maximum absolute atomic E-state index is 5.58. The Labute approximate surface area is 267 Å². The van der Waals surface area contributed by atoms with Crippen LogP contribution in [0.3, 0.4) is 0 Å². The monoisotopic (exact) mass is 612 g/mol. The zero-order valence-electron chi connectivity index (χ0n) is 27.2. The molecule has 0 aromatic heterocycles. The zero-order valence-corrected chi connectivity index (χ0v) is 27.2. The van der Waals surface area contributed by atoms with Crippen LogP contribution in [0.4, 0.5) is 0 Å². The number of hydrogen-bond donors (Lipinski definition) is 0. The highest BCUT2D eigenvalue weighted by Gasteiger charge is 2.18. The minimum Gasteiger partial charge on any atom is -0.493 e. The summed E-state index contributed by atoms with van der Waals surface area (Å²) in [5.74, 6) is 3.80. The van der Waals surface area contributed by atoms with Gasteiger partial charge in [-0.2, -0.15) is 0 Å². The fourth-order valence-corrected chi connectivity index (χ4v) is 6.05. The third kappa shape index (κ3) is 7.47. The van der Waals surface area contributed by atoms with Crippen molar-refractivity contribution < 1.29 is 28.4 Å². The summed E-state index contributed by atoms with van der Waals surface area (Å²) in [6.45, 7) is 5.97. The van der Waals surface area contributed by atoms with Crippen molar-refractivity contribution in [1.29, 1.82) is 0 Å². The Kier molecular flexibility index (Phi) is 10.7. The number of methoxy groups -OCH3 is 6. The second-order valence-electron chi connectivity index (χ2n) is 11.1. The summed E-state index contributed by atoms with van der Waals surface area (Å²) in [5.41, 5.74) is 6.87. The number of nitrogens with zero attached hydrogens (tertiary/aromatic N) is 2. The van der Waals surface area contributed by atoms with Gasteiger partial charge in [0.2, 0.25) is 11.5 Å². The van der Waals surface area contributed by atoms with Crippen LogP contribution in [0.25, 0.3) is 22.3 Å². The van der Waals surface area contributed by atoms with E-state index in [-0.39, 0.29) is 0 Å². The van der Waals surface area contributed by atoms with Gasteiger partial charge in [0, 0.05) is 26.2 Å². The van der Waals surface area contributed by atoms with Crippen molar-refractivity contribution in [2.24, 2.45) is 0 Å². The summed E-state index contributed by atoms with van der Waals surface area (Å²) < 4.78 is 33.3. The lowest BCUT2D eigenvalue weighted by atomic mass is 10.0. The van der Waals surface area contributed by atoms with Crippen molar-refractivity contribution in [3.05, 3.63) is 83.9 Å². The van der Waals surface area contributed by atoms with Crippen molar-refractivity contribution in [2.75, 3.05) is 68.8 Å². The molecule has 45 heavy (non-hydrogen) atoms. The normalized spacial score (nSPS) is 14.0. The lowest BCUT2D eigenvalue weighted by Crippen LogP contribution is -2.30. The highest BCUT2D eigenvalue weighted by Crippen LogP contribution is 2.42. The van der Waals surface area contributed by atoms with Crippen molar-refractivity contribution in [3.8, 4) is 56.8 Å². The van der Waals surface area contributed by atoms with Gasteiger partial charge in [-0.3, -0.25) is 9.80 Å². The molecule has 0 N–H and O–H groups in total. The van der Waals surface area contributed by atoms with E-state index in [1.807, 2.05) is 24.3 Å². The molecule has 1 fully saturated rings. The molecule has 0 atom stereocenters. The molecule has 8 nitrogen and oxygen atoms in total. The highest BCUT2D eigenvalue weighted by atomic mass is 16.5. The van der Waals surface area contributed by atoms with E-state index in [0.717, 1.165) is 67.9 Å². The van der Waals surface area contributed by atoms with E-state index in [9.17, 15) is 0 Å². The molecule has 0 bridgehead atoms. The van der Waals surface area contributed by atoms with Crippen LogP contribution in [0, 0.1) is 0 Å². The van der Waals surface area contributed by atoms with Crippen LogP contribution in [0.1, 0.15) is 17.5 Å². The van der Waals surface area contributed by atoms with Crippen LogP contribution in [0.2, 0.25) is 0 Å². The van der Waals surface area contributed by atoms with Crippen molar-refractivity contribution >= 4 is 0 Å². The first-order chi connectivity index (χ1) is 22.0. The average molecular weight is 613 g/mol. The molecule has 0 unspecified atom stereocenters. The van der Waals surface area contributed by atoms with Crippen LogP contribution in [-0.2, 0) is 13.1 Å². The van der Waals surface area contributed by atoms with Gasteiger partial charge >= 0.3 is 0 Å². The van der Waals surface area contributed by atoms with Gasteiger partial charge in [0.1, 0.15) is 0 Å². The van der Waals surface area contributed by atoms with E-state index in [1.54, 1.807) is 42.7 Å². The number of hydrogen-bond acceptors (Lipinski definition) is 8. The molecule has 4 aromatic rings. The summed E-state index contributed by atoms with van der Waals surface area (Å²) in [7, 11) is 9.83. The third-order valence-electron chi connectivity index (χ3n) is 8.34. The Bertz CT molecular complexity index is 1420. The lowest BCUT2D eigenvalue weighted by Gasteiger charge is -2.22. The molecule has 1 saturated heterocycles. The summed E-state index contributed by atoms with van der Waals surface area (Å²) in [6.07, 6.45) is 1.12. The Balaban J connectivity index is 1.25. The van der Waals surface area contributed by atoms with Crippen LogP contribution >= 0.6 is 0 Å². The summed E-state index contributed by atoms with van der Waals surface area (Å²) in [5, 5.41) is 0. The van der Waals surface area contributed by atoms with Gasteiger partial charge in [-0.05, 0) is 89.3 Å². The topological polar surface area (TPSA) is 61.9 Å². The van der Waals surface area contributed by atoms with E-state index in [1.165, 1.54) is 11.1 Å². The first-order valence-electron chi connectivity index (χ1n) is 15.2. The SMILES string of the molecule is COc1cc(-c2cccc(CN3CCCN(Cc4cccc(-c5cc(OC)c(OC)c(OC)c5)c4)CC3)c2)cc(OC)c1OC. The first kappa shape index (κ1) is 32.0. The van der Waals surface area contributed by atoms with Crippen LogP contribution in [-0.4, -0.2) is 78.6 Å². The minimum atomic E-state index is 0.599. The molecular weight excluding hydrogens is 568 g/mol. The molecule has 1 aliphatic rings. The third-order valence-corrected chi connectivity index (χ3v) is 8.34. The summed E-state index contributed by atoms with van der Waals surface area (Å²) in [6, 6.07) is 25.4. The fraction of sp³-hybridized carbons (Fsp3) is 0.351. The molecule has 238 valence electrons. The smallest absolute Gasteiger partial charge is 0.203 e. The quantitative estimate of drug-likeness (QED) is 0.174. The predicted molar refractivity (Wildman–Crippen MR) is 178 cm³/mol. The molecule has 5 rings (SSSR count). The van der Waals surface area contributed by atoms with E-state index < -0.39 is 0 Å². The minimum absolute atomic E-state index is 0.599. The molecule has 1 aliphatic heterocycles. The maximum Gasteiger partial charge on any atom is 0.203 e. The predicted octanol–water partition coefficient (Wildman–Crippen LogP) is 6.78. The Morgan fingerprint density at radius 1 is 0.444 bits per heavy atom. The van der Waals surface area contributed by atoms with E-state index in [2.05, 4.69) is 58.3 Å². The number of benzene rings is 4. The second kappa shape index (κ2) is 15.1. The fourth-order valence-electron chi connectivity index (χ4n) is 6.05. The van der Waals surface area contributed by atoms with E-state index in [0.29, 0.717) is 34.5 Å². The van der Waals surface area contributed by atoms with Gasteiger partial charge in [-0.1, -0.05) is 36.4 Å². The van der Waals surface area contributed by atoms with Crippen LogP contribution in [0.5, 0.6) is 34.5 Å². The molecule has 1 heterocycles. The Morgan fingerprint density at radius 2 is 0.822 bits per heavy atom. The van der Waals surface area contributed by atoms with Crippen LogP contribution < -0.4 is 28.4 Å². The molecule has 0 amide bonds. The molecule has 8 heteroatoms. The second-order valence-corrected chi connectivity index (χ2v) is 11.1. The zero-order chi connectivity index (χ0) is 31.8. The Hall–Kier alpha value is -4.40. The first-order valence-corrected chi connectivity index (χ1v) is 15.2. The van der Waals surface area contributed by atoms with Gasteiger partial charge < -0.3 is 28.4 Å². The molecule has 0 spiro atoms. The van der Waals surface area contributed by atoms with E-state index >= 15 is 0 Å². The van der Waals surface area contributed by atoms with Crippen LogP contribution in [0.15, 0.2) is 72.8 Å². The lowest BCUT2D eigenvalue weighted by molar-refractivity contribution is 0.247. The standard InChI is InChI=1S/C37H44N2O6/c1-40-32-20-30(21-33(41-2)36(32)44-5)28-12-7-10-26(18-28)24-38-14-9-15-39(17-16-38)25-27-11-8-13-29(19-27)31-22-34(42-3)37(45-6)35(23-31)43-4/h7-8,10-13,18-23H,9,14-17,24-25H2,1-6H3. The Morgan fingerprint density at radius 3 is 1.16 bits per heavy atom. The molecule has 4 aromatic carbocycles. The van der Waals surface area contributed by atoms with E-state index in [4.69, 9.17) is 28.4 Å². The molecule has 0 radical (unpaired) electrons. The van der Waals surface area contributed by atoms with Crippen molar-refractivity contribution in [2.45, 2.75) is 19.5 Å². The number of ether oxygens (including phenoxy) is 6. The van der Waals surface area contributed by atoms with Crippen molar-refractivity contribution in [3.63, 3.8) is 0 Å². The molecular formula is C37H44N2O6. The average Bonchev–Trinajstić information content (AvgIpc) is 3.31. The van der Waals surface area contributed by atoms with Gasteiger partial charge in [-0.25, -0.2) is 0 Å². The highest BCUT2D eigenvalue weighted by molar-refractivity contribution is 5.72. The largest absolute Gasteiger partial charge is 0.493 e.